The summed E-state index contributed by atoms with van der Waals surface area (Å²) in [7, 11) is 0. The Kier molecular flexibility index (Phi) is 9.44. The monoisotopic (exact) mass is 703 g/mol. The first kappa shape index (κ1) is 34.2. The zero-order chi connectivity index (χ0) is 36.4. The highest BCUT2D eigenvalue weighted by molar-refractivity contribution is 5.82. The molecule has 0 saturated carbocycles. The molecule has 268 valence electrons. The normalized spacial score (nSPS) is 14.4. The molecule has 1 saturated heterocycles. The van der Waals surface area contributed by atoms with Crippen LogP contribution in [0.2, 0.25) is 0 Å². The largest absolute Gasteiger partial charge is 0.491 e. The number of benzene rings is 5. The maximum absolute atomic E-state index is 13.0. The van der Waals surface area contributed by atoms with E-state index >= 15 is 0 Å². The SMILES string of the molecule is CC(C)(C)OC(=O)N1CCC(C(COc2ccc(-c3nc4ccccc4n3Cc3ccccc3)cc2)n2c(-c3ccccc3)nc3ccccc32)CC1. The van der Waals surface area contributed by atoms with Gasteiger partial charge in [-0.1, -0.05) is 84.9 Å². The van der Waals surface area contributed by atoms with Crippen LogP contribution in [0.15, 0.2) is 133 Å². The quantitative estimate of drug-likeness (QED) is 0.150. The Hall–Kier alpha value is -5.89. The van der Waals surface area contributed by atoms with Crippen LogP contribution in [0.1, 0.15) is 45.2 Å². The van der Waals surface area contributed by atoms with E-state index in [4.69, 9.17) is 19.4 Å². The number of carbonyl (C=O) groups excluding carboxylic acids is 1. The summed E-state index contributed by atoms with van der Waals surface area (Å²) in [5.41, 5.74) is 6.88. The number of carbonyl (C=O) groups is 1. The molecule has 0 aliphatic carbocycles. The van der Waals surface area contributed by atoms with Gasteiger partial charge in [0.25, 0.3) is 0 Å². The second-order valence-corrected chi connectivity index (χ2v) is 14.9. The number of rotatable bonds is 9. The van der Waals surface area contributed by atoms with Crippen molar-refractivity contribution in [1.82, 2.24) is 24.0 Å². The Morgan fingerprint density at radius 3 is 1.94 bits per heavy atom. The van der Waals surface area contributed by atoms with Crippen molar-refractivity contribution in [2.24, 2.45) is 5.92 Å². The van der Waals surface area contributed by atoms with E-state index < -0.39 is 5.60 Å². The highest BCUT2D eigenvalue weighted by Gasteiger charge is 2.34. The number of fused-ring (bicyclic) bond motifs is 2. The van der Waals surface area contributed by atoms with Crippen LogP contribution in [0.3, 0.4) is 0 Å². The Balaban J connectivity index is 1.09. The summed E-state index contributed by atoms with van der Waals surface area (Å²) in [6, 6.07) is 45.8. The molecule has 8 heteroatoms. The molecule has 1 aliphatic heterocycles. The molecule has 1 unspecified atom stereocenters. The van der Waals surface area contributed by atoms with Crippen LogP contribution in [0.5, 0.6) is 5.75 Å². The Labute approximate surface area is 310 Å². The minimum absolute atomic E-state index is 0.0341. The molecule has 1 aliphatic rings. The summed E-state index contributed by atoms with van der Waals surface area (Å²) in [6.07, 6.45) is 1.40. The first-order valence-corrected chi connectivity index (χ1v) is 18.5. The third kappa shape index (κ3) is 7.40. The average Bonchev–Trinajstić information content (AvgIpc) is 3.74. The van der Waals surface area contributed by atoms with E-state index in [0.717, 1.165) is 70.0 Å². The van der Waals surface area contributed by atoms with Crippen LogP contribution in [-0.2, 0) is 11.3 Å². The molecule has 1 amide bonds. The highest BCUT2D eigenvalue weighted by Crippen LogP contribution is 2.37. The maximum Gasteiger partial charge on any atom is 0.410 e. The number of imidazole rings is 2. The van der Waals surface area contributed by atoms with E-state index in [1.807, 2.05) is 62.1 Å². The number of likely N-dealkylation sites (tertiary alicyclic amines) is 1. The number of hydrogen-bond acceptors (Lipinski definition) is 5. The van der Waals surface area contributed by atoms with Gasteiger partial charge in [-0.05, 0) is 93.6 Å². The standard InChI is InChI=1S/C45H45N5O3/c1-45(2,3)53-44(51)48-28-26-33(27-29-48)41(50-40-21-13-11-19-38(40)47-43(50)34-16-8-5-9-17-34)31-52-36-24-22-35(23-25-36)42-46-37-18-10-12-20-39(37)49(42)30-32-14-6-4-7-15-32/h4-25,33,41H,26-31H2,1-3H3. The topological polar surface area (TPSA) is 74.4 Å². The maximum atomic E-state index is 13.0. The van der Waals surface area contributed by atoms with Crippen LogP contribution >= 0.6 is 0 Å². The molecule has 1 fully saturated rings. The minimum Gasteiger partial charge on any atom is -0.491 e. The molecule has 0 radical (unpaired) electrons. The van der Waals surface area contributed by atoms with Crippen LogP contribution in [0.4, 0.5) is 4.79 Å². The van der Waals surface area contributed by atoms with Gasteiger partial charge in [0.2, 0.25) is 0 Å². The molecular weight excluding hydrogens is 659 g/mol. The van der Waals surface area contributed by atoms with Crippen molar-refractivity contribution >= 4 is 28.2 Å². The molecule has 0 spiro atoms. The first-order chi connectivity index (χ1) is 25.8. The lowest BCUT2D eigenvalue weighted by Crippen LogP contribution is -2.43. The van der Waals surface area contributed by atoms with Crippen molar-refractivity contribution in [2.45, 2.75) is 51.8 Å². The summed E-state index contributed by atoms with van der Waals surface area (Å²) < 4.78 is 17.1. The third-order valence-corrected chi connectivity index (χ3v) is 10.1. The second kappa shape index (κ2) is 14.6. The number of hydrogen-bond donors (Lipinski definition) is 0. The van der Waals surface area contributed by atoms with Crippen molar-refractivity contribution in [3.8, 4) is 28.5 Å². The van der Waals surface area contributed by atoms with Crippen molar-refractivity contribution in [1.29, 1.82) is 0 Å². The van der Waals surface area contributed by atoms with Gasteiger partial charge in [-0.25, -0.2) is 14.8 Å². The molecular formula is C45H45N5O3. The molecule has 0 bridgehead atoms. The Morgan fingerprint density at radius 1 is 0.698 bits per heavy atom. The van der Waals surface area contributed by atoms with Crippen LogP contribution in [-0.4, -0.2) is 55.4 Å². The molecule has 3 heterocycles. The predicted molar refractivity (Wildman–Crippen MR) is 211 cm³/mol. The van der Waals surface area contributed by atoms with Gasteiger partial charge in [0.15, 0.2) is 0 Å². The summed E-state index contributed by atoms with van der Waals surface area (Å²) >= 11 is 0. The smallest absolute Gasteiger partial charge is 0.410 e. The first-order valence-electron chi connectivity index (χ1n) is 18.5. The van der Waals surface area contributed by atoms with Gasteiger partial charge in [0.1, 0.15) is 29.6 Å². The zero-order valence-electron chi connectivity index (χ0n) is 30.6. The summed E-state index contributed by atoms with van der Waals surface area (Å²) in [5, 5.41) is 0. The molecule has 0 N–H and O–H groups in total. The molecule has 53 heavy (non-hydrogen) atoms. The number of para-hydroxylation sites is 4. The molecule has 7 aromatic rings. The number of amides is 1. The van der Waals surface area contributed by atoms with Gasteiger partial charge in [-0.3, -0.25) is 0 Å². The zero-order valence-corrected chi connectivity index (χ0v) is 30.6. The Morgan fingerprint density at radius 2 is 1.26 bits per heavy atom. The minimum atomic E-state index is -0.533. The highest BCUT2D eigenvalue weighted by atomic mass is 16.6. The summed E-state index contributed by atoms with van der Waals surface area (Å²) in [4.78, 5) is 25.0. The van der Waals surface area contributed by atoms with Crippen molar-refractivity contribution in [3.05, 3.63) is 139 Å². The predicted octanol–water partition coefficient (Wildman–Crippen LogP) is 10.0. The van der Waals surface area contributed by atoms with E-state index in [9.17, 15) is 4.79 Å². The lowest BCUT2D eigenvalue weighted by atomic mass is 9.89. The molecule has 1 atom stereocenters. The van der Waals surface area contributed by atoms with E-state index in [1.165, 1.54) is 5.56 Å². The molecule has 8 rings (SSSR count). The van der Waals surface area contributed by atoms with Gasteiger partial charge in [0.05, 0.1) is 28.1 Å². The van der Waals surface area contributed by atoms with Gasteiger partial charge in [-0.2, -0.15) is 0 Å². The number of piperidine rings is 1. The fourth-order valence-electron chi connectivity index (χ4n) is 7.49. The van der Waals surface area contributed by atoms with E-state index in [0.29, 0.717) is 19.7 Å². The van der Waals surface area contributed by atoms with Gasteiger partial charge >= 0.3 is 6.09 Å². The lowest BCUT2D eigenvalue weighted by Gasteiger charge is -2.37. The van der Waals surface area contributed by atoms with E-state index in [-0.39, 0.29) is 18.1 Å². The Bertz CT molecular complexity index is 2320. The third-order valence-electron chi connectivity index (χ3n) is 10.1. The average molecular weight is 704 g/mol. The van der Waals surface area contributed by atoms with Gasteiger partial charge in [0, 0.05) is 30.8 Å². The molecule has 2 aromatic heterocycles. The van der Waals surface area contributed by atoms with Gasteiger partial charge < -0.3 is 23.5 Å². The summed E-state index contributed by atoms with van der Waals surface area (Å²) in [5.74, 6) is 2.88. The fraction of sp³-hybridized carbons (Fsp3) is 0.267. The van der Waals surface area contributed by atoms with E-state index in [1.54, 1.807) is 0 Å². The van der Waals surface area contributed by atoms with Crippen LogP contribution in [0.25, 0.3) is 44.8 Å². The van der Waals surface area contributed by atoms with Crippen molar-refractivity contribution in [3.63, 3.8) is 0 Å². The molecule has 8 nitrogen and oxygen atoms in total. The number of ether oxygens (including phenoxy) is 2. The second-order valence-electron chi connectivity index (χ2n) is 14.9. The molecule has 5 aromatic carbocycles. The van der Waals surface area contributed by atoms with E-state index in [2.05, 4.69) is 106 Å². The van der Waals surface area contributed by atoms with Crippen molar-refractivity contribution < 1.29 is 14.3 Å². The number of nitrogens with zero attached hydrogens (tertiary/aromatic N) is 5. The number of aromatic nitrogens is 4. The van der Waals surface area contributed by atoms with Gasteiger partial charge in [-0.15, -0.1) is 0 Å². The summed E-state index contributed by atoms with van der Waals surface area (Å²) in [6.45, 7) is 8.16. The lowest BCUT2D eigenvalue weighted by molar-refractivity contribution is 0.0151. The fourth-order valence-corrected chi connectivity index (χ4v) is 7.49. The van der Waals surface area contributed by atoms with Crippen LogP contribution < -0.4 is 4.74 Å². The van der Waals surface area contributed by atoms with Crippen molar-refractivity contribution in [2.75, 3.05) is 19.7 Å². The van der Waals surface area contributed by atoms with Crippen LogP contribution in [0, 0.1) is 5.92 Å².